The van der Waals surface area contributed by atoms with Gasteiger partial charge in [-0.25, -0.2) is 9.18 Å². The molecule has 3 aromatic rings. The summed E-state index contributed by atoms with van der Waals surface area (Å²) < 4.78 is 14.1. The maximum atomic E-state index is 14.1. The first kappa shape index (κ1) is 23.9. The van der Waals surface area contributed by atoms with Gasteiger partial charge in [0.15, 0.2) is 0 Å². The zero-order valence-corrected chi connectivity index (χ0v) is 20.3. The highest BCUT2D eigenvalue weighted by atomic mass is 19.1. The molecule has 2 aliphatic rings. The SMILES string of the molecule is O=C(Cc1ccc(NC(=O)N2CCCCc3ccccc32)cc1)N1CCN(c2ccccc2F)CC1. The Morgan fingerprint density at radius 3 is 2.22 bits per heavy atom. The number of piperazine rings is 1. The minimum absolute atomic E-state index is 0.0566. The molecule has 3 aromatic carbocycles. The second-order valence-electron chi connectivity index (χ2n) is 9.36. The van der Waals surface area contributed by atoms with E-state index in [-0.39, 0.29) is 17.8 Å². The number of nitrogens with zero attached hydrogens (tertiary/aromatic N) is 3. The molecular formula is C29H31FN4O2. The molecule has 186 valence electrons. The minimum atomic E-state index is -0.232. The van der Waals surface area contributed by atoms with Gasteiger partial charge in [0.05, 0.1) is 12.1 Å². The van der Waals surface area contributed by atoms with Crippen LogP contribution in [0.2, 0.25) is 0 Å². The summed E-state index contributed by atoms with van der Waals surface area (Å²) in [5.74, 6) is -0.175. The summed E-state index contributed by atoms with van der Waals surface area (Å²) >= 11 is 0. The molecule has 7 heteroatoms. The van der Waals surface area contributed by atoms with E-state index >= 15 is 0 Å². The Kier molecular flexibility index (Phi) is 7.16. The van der Waals surface area contributed by atoms with E-state index in [0.717, 1.165) is 30.5 Å². The van der Waals surface area contributed by atoms with Gasteiger partial charge in [-0.15, -0.1) is 0 Å². The Morgan fingerprint density at radius 1 is 0.778 bits per heavy atom. The molecule has 0 aromatic heterocycles. The number of rotatable bonds is 4. The highest BCUT2D eigenvalue weighted by Crippen LogP contribution is 2.27. The quantitative estimate of drug-likeness (QED) is 0.559. The zero-order valence-electron chi connectivity index (χ0n) is 20.3. The Bertz CT molecular complexity index is 1220. The average Bonchev–Trinajstić information content (AvgIpc) is 3.13. The molecule has 0 aliphatic carbocycles. The summed E-state index contributed by atoms with van der Waals surface area (Å²) in [5.41, 5.74) is 4.37. The van der Waals surface area contributed by atoms with E-state index in [0.29, 0.717) is 50.5 Å². The van der Waals surface area contributed by atoms with Crippen LogP contribution in [0.4, 0.5) is 26.2 Å². The number of para-hydroxylation sites is 2. The average molecular weight is 487 g/mol. The molecule has 0 bridgehead atoms. The molecule has 0 unspecified atom stereocenters. The molecule has 5 rings (SSSR count). The van der Waals surface area contributed by atoms with Crippen molar-refractivity contribution in [2.45, 2.75) is 25.7 Å². The Labute approximate surface area is 211 Å². The van der Waals surface area contributed by atoms with Crippen molar-refractivity contribution in [3.63, 3.8) is 0 Å². The van der Waals surface area contributed by atoms with Gasteiger partial charge < -0.3 is 15.1 Å². The van der Waals surface area contributed by atoms with E-state index in [9.17, 15) is 14.0 Å². The predicted octanol–water partition coefficient (Wildman–Crippen LogP) is 5.09. The number of fused-ring (bicyclic) bond motifs is 1. The van der Waals surface area contributed by atoms with Crippen molar-refractivity contribution in [3.05, 3.63) is 89.7 Å². The number of hydrogen-bond acceptors (Lipinski definition) is 3. The maximum absolute atomic E-state index is 14.1. The van der Waals surface area contributed by atoms with Crippen LogP contribution in [0.1, 0.15) is 24.0 Å². The number of carbonyl (C=O) groups is 2. The molecule has 3 amide bonds. The molecule has 1 N–H and O–H groups in total. The van der Waals surface area contributed by atoms with Crippen LogP contribution in [-0.4, -0.2) is 49.6 Å². The first-order valence-corrected chi connectivity index (χ1v) is 12.6. The largest absolute Gasteiger partial charge is 0.366 e. The highest BCUT2D eigenvalue weighted by Gasteiger charge is 2.23. The first-order chi connectivity index (χ1) is 17.6. The van der Waals surface area contributed by atoms with E-state index in [4.69, 9.17) is 0 Å². The Hall–Kier alpha value is -3.87. The van der Waals surface area contributed by atoms with E-state index in [2.05, 4.69) is 11.4 Å². The van der Waals surface area contributed by atoms with Gasteiger partial charge in [0.2, 0.25) is 5.91 Å². The fourth-order valence-electron chi connectivity index (χ4n) is 4.99. The van der Waals surface area contributed by atoms with Gasteiger partial charge >= 0.3 is 6.03 Å². The van der Waals surface area contributed by atoms with Crippen molar-refractivity contribution < 1.29 is 14.0 Å². The lowest BCUT2D eigenvalue weighted by Crippen LogP contribution is -2.49. The topological polar surface area (TPSA) is 55.9 Å². The third-order valence-electron chi connectivity index (χ3n) is 6.99. The lowest BCUT2D eigenvalue weighted by Gasteiger charge is -2.36. The highest BCUT2D eigenvalue weighted by molar-refractivity contribution is 6.02. The van der Waals surface area contributed by atoms with E-state index in [1.807, 2.05) is 63.2 Å². The summed E-state index contributed by atoms with van der Waals surface area (Å²) in [4.78, 5) is 31.5. The van der Waals surface area contributed by atoms with Crippen molar-refractivity contribution in [1.82, 2.24) is 4.90 Å². The molecule has 1 fully saturated rings. The fraction of sp³-hybridized carbons (Fsp3) is 0.310. The Morgan fingerprint density at radius 2 is 1.47 bits per heavy atom. The smallest absolute Gasteiger partial charge is 0.326 e. The summed E-state index contributed by atoms with van der Waals surface area (Å²) in [6.07, 6.45) is 3.33. The van der Waals surface area contributed by atoms with Crippen LogP contribution in [0.25, 0.3) is 0 Å². The molecule has 6 nitrogen and oxygen atoms in total. The number of nitrogens with one attached hydrogen (secondary N) is 1. The van der Waals surface area contributed by atoms with Crippen LogP contribution >= 0.6 is 0 Å². The van der Waals surface area contributed by atoms with Crippen LogP contribution in [0, 0.1) is 5.82 Å². The van der Waals surface area contributed by atoms with Crippen molar-refractivity contribution in [3.8, 4) is 0 Å². The van der Waals surface area contributed by atoms with Crippen LogP contribution in [-0.2, 0) is 17.6 Å². The van der Waals surface area contributed by atoms with Crippen LogP contribution in [0.3, 0.4) is 0 Å². The number of carbonyl (C=O) groups excluding carboxylic acids is 2. The lowest BCUT2D eigenvalue weighted by atomic mass is 10.1. The number of anilines is 3. The predicted molar refractivity (Wildman–Crippen MR) is 141 cm³/mol. The van der Waals surface area contributed by atoms with E-state index in [1.54, 1.807) is 12.1 Å². The van der Waals surface area contributed by atoms with Gasteiger partial charge in [0.1, 0.15) is 5.82 Å². The molecular weight excluding hydrogens is 455 g/mol. The summed E-state index contributed by atoms with van der Waals surface area (Å²) in [7, 11) is 0. The number of halogens is 1. The molecule has 0 saturated carbocycles. The minimum Gasteiger partial charge on any atom is -0.366 e. The van der Waals surface area contributed by atoms with Crippen molar-refractivity contribution in [2.75, 3.05) is 47.8 Å². The van der Waals surface area contributed by atoms with Gasteiger partial charge in [-0.3, -0.25) is 9.69 Å². The van der Waals surface area contributed by atoms with Gasteiger partial charge in [-0.05, 0) is 60.7 Å². The van der Waals surface area contributed by atoms with Crippen molar-refractivity contribution in [2.24, 2.45) is 0 Å². The van der Waals surface area contributed by atoms with Crippen molar-refractivity contribution >= 4 is 29.0 Å². The van der Waals surface area contributed by atoms with Gasteiger partial charge in [0.25, 0.3) is 0 Å². The van der Waals surface area contributed by atoms with Crippen molar-refractivity contribution in [1.29, 1.82) is 0 Å². The summed E-state index contributed by atoms with van der Waals surface area (Å²) in [5, 5.41) is 3.00. The van der Waals surface area contributed by atoms with Crippen LogP contribution < -0.4 is 15.1 Å². The second kappa shape index (κ2) is 10.8. The number of aryl methyl sites for hydroxylation is 1. The molecule has 2 aliphatic heterocycles. The van der Waals surface area contributed by atoms with Gasteiger partial charge in [0, 0.05) is 44.1 Å². The third-order valence-corrected chi connectivity index (χ3v) is 6.99. The first-order valence-electron chi connectivity index (χ1n) is 12.6. The standard InChI is InChI=1S/C29H31FN4O2/c30-25-9-2-4-11-27(25)32-17-19-33(20-18-32)28(35)21-22-12-14-24(15-13-22)31-29(36)34-16-6-5-8-23-7-1-3-10-26(23)34/h1-4,7,9-15H,5-6,8,16-21H2,(H,31,36). The summed E-state index contributed by atoms with van der Waals surface area (Å²) in [6.45, 7) is 3.05. The van der Waals surface area contributed by atoms with Crippen LogP contribution in [0.15, 0.2) is 72.8 Å². The summed E-state index contributed by atoms with van der Waals surface area (Å²) in [6, 6.07) is 22.2. The van der Waals surface area contributed by atoms with Gasteiger partial charge in [-0.2, -0.15) is 0 Å². The molecule has 0 spiro atoms. The Balaban J connectivity index is 1.15. The number of hydrogen-bond donors (Lipinski definition) is 1. The normalized spacial score (nSPS) is 15.8. The fourth-order valence-corrected chi connectivity index (χ4v) is 4.99. The third kappa shape index (κ3) is 5.35. The molecule has 1 saturated heterocycles. The maximum Gasteiger partial charge on any atom is 0.326 e. The van der Waals surface area contributed by atoms with E-state index in [1.165, 1.54) is 11.6 Å². The zero-order chi connectivity index (χ0) is 24.9. The molecule has 0 radical (unpaired) electrons. The second-order valence-corrected chi connectivity index (χ2v) is 9.36. The van der Waals surface area contributed by atoms with Crippen LogP contribution in [0.5, 0.6) is 0 Å². The van der Waals surface area contributed by atoms with E-state index < -0.39 is 0 Å². The number of amides is 3. The molecule has 2 heterocycles. The number of urea groups is 1. The monoisotopic (exact) mass is 486 g/mol. The number of benzene rings is 3. The molecule has 36 heavy (non-hydrogen) atoms. The van der Waals surface area contributed by atoms with Gasteiger partial charge in [-0.1, -0.05) is 42.5 Å². The lowest BCUT2D eigenvalue weighted by molar-refractivity contribution is -0.130. The molecule has 0 atom stereocenters.